The van der Waals surface area contributed by atoms with Crippen LogP contribution in [0.1, 0.15) is 19.3 Å². The van der Waals surface area contributed by atoms with Crippen LogP contribution in [0, 0.1) is 16.0 Å². The Morgan fingerprint density at radius 2 is 2.13 bits per heavy atom. The lowest BCUT2D eigenvalue weighted by Gasteiger charge is -2.49. The van der Waals surface area contributed by atoms with E-state index in [0.717, 1.165) is 12.8 Å². The van der Waals surface area contributed by atoms with Crippen LogP contribution in [-0.2, 0) is 4.79 Å². The van der Waals surface area contributed by atoms with E-state index in [1.165, 1.54) is 0 Å². The number of carbonyl (C=O) groups is 1. The lowest BCUT2D eigenvalue weighted by Crippen LogP contribution is -2.72. The number of primary amides is 1. The van der Waals surface area contributed by atoms with Crippen LogP contribution in [0.25, 0.3) is 0 Å². The van der Waals surface area contributed by atoms with Crippen molar-refractivity contribution in [3.05, 3.63) is 10.1 Å². The van der Waals surface area contributed by atoms with Gasteiger partial charge < -0.3 is 5.73 Å². The molecule has 3 aliphatic heterocycles. The van der Waals surface area contributed by atoms with Crippen molar-refractivity contribution in [1.29, 1.82) is 0 Å². The molecule has 3 fully saturated rings. The van der Waals surface area contributed by atoms with Crippen LogP contribution < -0.4 is 11.2 Å². The van der Waals surface area contributed by atoms with Gasteiger partial charge in [0.1, 0.15) is 0 Å². The molecule has 7 heteroatoms. The Bertz CT molecular complexity index is 300. The van der Waals surface area contributed by atoms with Gasteiger partial charge >= 0.3 is 0 Å². The average Bonchev–Trinajstić information content (AvgIpc) is 2.18. The molecular weight excluding hydrogens is 200 g/mol. The first-order valence-corrected chi connectivity index (χ1v) is 5.02. The van der Waals surface area contributed by atoms with E-state index < -0.39 is 16.6 Å². The first kappa shape index (κ1) is 10.2. The summed E-state index contributed by atoms with van der Waals surface area (Å²) in [5.74, 6) is -0.279. The molecule has 1 unspecified atom stereocenters. The Morgan fingerprint density at radius 1 is 1.53 bits per heavy atom. The van der Waals surface area contributed by atoms with Crippen molar-refractivity contribution < 1.29 is 9.83 Å². The molecule has 3 saturated heterocycles. The molecule has 3 heterocycles. The van der Waals surface area contributed by atoms with Crippen molar-refractivity contribution in [3.8, 4) is 0 Å². The average molecular weight is 214 g/mol. The molecule has 0 saturated carbocycles. The number of fused-ring (bicyclic) bond motifs is 3. The fourth-order valence-corrected chi connectivity index (χ4v) is 2.64. The van der Waals surface area contributed by atoms with Crippen LogP contribution in [0.4, 0.5) is 0 Å². The zero-order valence-corrected chi connectivity index (χ0v) is 8.31. The monoisotopic (exact) mass is 214 g/mol. The van der Waals surface area contributed by atoms with E-state index >= 15 is 0 Å². The van der Waals surface area contributed by atoms with E-state index in [9.17, 15) is 14.9 Å². The number of nitrogens with two attached hydrogens (primary N) is 1. The summed E-state index contributed by atoms with van der Waals surface area (Å²) in [5, 5.41) is 9.84. The van der Waals surface area contributed by atoms with E-state index in [1.54, 1.807) is 4.90 Å². The SMILES string of the molecule is NC(=O)C1(N[N+](=O)[O-])CC2CCN1CC2. The smallest absolute Gasteiger partial charge is 0.264 e. The van der Waals surface area contributed by atoms with Gasteiger partial charge in [0.15, 0.2) is 5.03 Å². The summed E-state index contributed by atoms with van der Waals surface area (Å²) in [5.41, 5.74) is 6.13. The van der Waals surface area contributed by atoms with Gasteiger partial charge in [0.25, 0.3) is 5.91 Å². The highest BCUT2D eigenvalue weighted by atomic mass is 16.7. The van der Waals surface area contributed by atoms with Crippen molar-refractivity contribution in [1.82, 2.24) is 10.3 Å². The van der Waals surface area contributed by atoms with E-state index in [-0.39, 0.29) is 0 Å². The van der Waals surface area contributed by atoms with Crippen LogP contribution in [0.5, 0.6) is 0 Å². The van der Waals surface area contributed by atoms with Crippen LogP contribution in [0.3, 0.4) is 0 Å². The van der Waals surface area contributed by atoms with Crippen molar-refractivity contribution in [3.63, 3.8) is 0 Å². The van der Waals surface area contributed by atoms with E-state index in [0.29, 0.717) is 25.4 Å². The van der Waals surface area contributed by atoms with E-state index in [4.69, 9.17) is 5.73 Å². The molecule has 3 rings (SSSR count). The zero-order valence-electron chi connectivity index (χ0n) is 8.31. The Labute approximate surface area is 86.7 Å². The molecule has 7 nitrogen and oxygen atoms in total. The van der Waals surface area contributed by atoms with E-state index in [1.807, 2.05) is 0 Å². The lowest BCUT2D eigenvalue weighted by molar-refractivity contribution is -0.565. The maximum Gasteiger partial charge on any atom is 0.264 e. The Hall–Kier alpha value is -1.37. The number of nitrogens with one attached hydrogen (secondary N) is 1. The minimum Gasteiger partial charge on any atom is -0.366 e. The summed E-state index contributed by atoms with van der Waals surface area (Å²) in [6.45, 7) is 1.41. The van der Waals surface area contributed by atoms with Gasteiger partial charge in [-0.1, -0.05) is 0 Å². The van der Waals surface area contributed by atoms with Crippen molar-refractivity contribution in [2.24, 2.45) is 11.7 Å². The molecule has 0 aromatic heterocycles. The standard InChI is InChI=1S/C8H14N4O3/c9-7(13)8(10-12(14)15)5-6-1-3-11(8)4-2-6/h6,10H,1-5H2,(H2,9,13). The fraction of sp³-hybridized carbons (Fsp3) is 0.875. The van der Waals surface area contributed by atoms with Crippen LogP contribution in [0.15, 0.2) is 0 Å². The highest BCUT2D eigenvalue weighted by Crippen LogP contribution is 2.37. The Balaban J connectivity index is 2.26. The summed E-state index contributed by atoms with van der Waals surface area (Å²) in [7, 11) is 0. The molecule has 0 aromatic rings. The maximum atomic E-state index is 11.4. The molecule has 3 aliphatic rings. The molecule has 1 atom stereocenters. The number of hydrazine groups is 1. The molecule has 15 heavy (non-hydrogen) atoms. The highest BCUT2D eigenvalue weighted by Gasteiger charge is 2.53. The molecule has 84 valence electrons. The first-order chi connectivity index (χ1) is 7.04. The summed E-state index contributed by atoms with van der Waals surface area (Å²) >= 11 is 0. The van der Waals surface area contributed by atoms with Crippen molar-refractivity contribution >= 4 is 5.91 Å². The number of nitro groups is 1. The third kappa shape index (κ3) is 1.52. The molecule has 0 aromatic carbocycles. The molecule has 3 N–H and O–H groups in total. The number of piperidine rings is 3. The predicted molar refractivity (Wildman–Crippen MR) is 51.0 cm³/mol. The number of amides is 1. The third-order valence-electron chi connectivity index (χ3n) is 3.42. The Kier molecular flexibility index (Phi) is 2.26. The number of hydrogen-bond acceptors (Lipinski definition) is 4. The summed E-state index contributed by atoms with van der Waals surface area (Å²) in [6, 6.07) is 0. The van der Waals surface area contributed by atoms with Crippen LogP contribution in [0.2, 0.25) is 0 Å². The van der Waals surface area contributed by atoms with Gasteiger partial charge in [-0.15, -0.1) is 5.43 Å². The van der Waals surface area contributed by atoms with E-state index in [2.05, 4.69) is 5.43 Å². The van der Waals surface area contributed by atoms with Crippen molar-refractivity contribution in [2.45, 2.75) is 24.9 Å². The van der Waals surface area contributed by atoms with Gasteiger partial charge in [0.05, 0.1) is 0 Å². The molecule has 0 radical (unpaired) electrons. The molecule has 1 amide bonds. The number of nitrogens with zero attached hydrogens (tertiary/aromatic N) is 2. The molecule has 0 aliphatic carbocycles. The van der Waals surface area contributed by atoms with Gasteiger partial charge in [-0.25, -0.2) is 10.1 Å². The minimum absolute atomic E-state index is 0.370. The normalized spacial score (nSPS) is 38.7. The molecule has 0 spiro atoms. The number of carbonyl (C=O) groups excluding carboxylic acids is 1. The van der Waals surface area contributed by atoms with Gasteiger partial charge in [0, 0.05) is 19.5 Å². The summed E-state index contributed by atoms with van der Waals surface area (Å²) in [6.07, 6.45) is 2.44. The summed E-state index contributed by atoms with van der Waals surface area (Å²) in [4.78, 5) is 23.7. The number of hydrogen-bond donors (Lipinski definition) is 2. The minimum atomic E-state index is -1.26. The first-order valence-electron chi connectivity index (χ1n) is 5.02. The quantitative estimate of drug-likeness (QED) is 0.466. The van der Waals surface area contributed by atoms with Gasteiger partial charge in [-0.05, 0) is 18.8 Å². The summed E-state index contributed by atoms with van der Waals surface area (Å²) < 4.78 is 0. The maximum absolute atomic E-state index is 11.4. The molecular formula is C8H14N4O3. The Morgan fingerprint density at radius 3 is 2.47 bits per heavy atom. The lowest BCUT2D eigenvalue weighted by atomic mass is 9.79. The number of rotatable bonds is 3. The third-order valence-corrected chi connectivity index (χ3v) is 3.42. The zero-order chi connectivity index (χ0) is 11.1. The largest absolute Gasteiger partial charge is 0.366 e. The second-order valence-corrected chi connectivity index (χ2v) is 4.23. The van der Waals surface area contributed by atoms with Gasteiger partial charge in [0.2, 0.25) is 5.66 Å². The van der Waals surface area contributed by atoms with Crippen LogP contribution >= 0.6 is 0 Å². The topological polar surface area (TPSA) is 102 Å². The highest BCUT2D eigenvalue weighted by molar-refractivity contribution is 5.84. The second kappa shape index (κ2) is 3.34. The van der Waals surface area contributed by atoms with Gasteiger partial charge in [-0.3, -0.25) is 9.69 Å². The molecule has 2 bridgehead atoms. The van der Waals surface area contributed by atoms with Crippen LogP contribution in [-0.4, -0.2) is 34.6 Å². The predicted octanol–water partition coefficient (Wildman–Crippen LogP) is -0.935. The fourth-order valence-electron chi connectivity index (χ4n) is 2.64. The van der Waals surface area contributed by atoms with Crippen molar-refractivity contribution in [2.75, 3.05) is 13.1 Å². The second-order valence-electron chi connectivity index (χ2n) is 4.23. The van der Waals surface area contributed by atoms with Gasteiger partial charge in [-0.2, -0.15) is 0 Å².